The zero-order valence-corrected chi connectivity index (χ0v) is 11.5. The van der Waals surface area contributed by atoms with Gasteiger partial charge in [-0.1, -0.05) is 32.1 Å². The van der Waals surface area contributed by atoms with Gasteiger partial charge in [-0.05, 0) is 52.9 Å². The van der Waals surface area contributed by atoms with Crippen molar-refractivity contribution >= 4 is 0 Å². The highest BCUT2D eigenvalue weighted by Gasteiger charge is 2.13. The van der Waals surface area contributed by atoms with Crippen LogP contribution in [0.3, 0.4) is 0 Å². The van der Waals surface area contributed by atoms with E-state index in [2.05, 4.69) is 31.2 Å². The maximum atomic E-state index is 3.66. The Morgan fingerprint density at radius 3 is 2.50 bits per heavy atom. The van der Waals surface area contributed by atoms with E-state index in [9.17, 15) is 0 Å². The molecular weight excluding hydrogens is 196 g/mol. The fourth-order valence-corrected chi connectivity index (χ4v) is 2.56. The molecule has 1 atom stereocenters. The summed E-state index contributed by atoms with van der Waals surface area (Å²) < 4.78 is 0. The van der Waals surface area contributed by atoms with Crippen molar-refractivity contribution in [1.82, 2.24) is 10.2 Å². The lowest BCUT2D eigenvalue weighted by molar-refractivity contribution is 0.320. The summed E-state index contributed by atoms with van der Waals surface area (Å²) in [6.07, 6.45) is 10.0. The molecule has 2 heteroatoms. The predicted octanol–water partition coefficient (Wildman–Crippen LogP) is 2.89. The van der Waals surface area contributed by atoms with Crippen molar-refractivity contribution in [2.45, 2.75) is 57.9 Å². The first-order chi connectivity index (χ1) is 7.68. The second kappa shape index (κ2) is 8.08. The smallest absolute Gasteiger partial charge is 0.00508 e. The monoisotopic (exact) mass is 226 g/mol. The molecule has 1 fully saturated rings. The van der Waals surface area contributed by atoms with Crippen molar-refractivity contribution in [2.75, 3.05) is 27.2 Å². The highest BCUT2D eigenvalue weighted by molar-refractivity contribution is 4.69. The quantitative estimate of drug-likeness (QED) is 0.718. The molecule has 1 saturated carbocycles. The van der Waals surface area contributed by atoms with Crippen molar-refractivity contribution in [3.05, 3.63) is 0 Å². The summed E-state index contributed by atoms with van der Waals surface area (Å²) >= 11 is 0. The Morgan fingerprint density at radius 2 is 1.88 bits per heavy atom. The summed E-state index contributed by atoms with van der Waals surface area (Å²) in [4.78, 5) is 2.26. The van der Waals surface area contributed by atoms with Crippen LogP contribution in [0.15, 0.2) is 0 Å². The van der Waals surface area contributed by atoms with Gasteiger partial charge < -0.3 is 10.2 Å². The van der Waals surface area contributed by atoms with Crippen molar-refractivity contribution in [2.24, 2.45) is 5.92 Å². The van der Waals surface area contributed by atoms with Crippen LogP contribution in [-0.4, -0.2) is 38.1 Å². The maximum Gasteiger partial charge on any atom is 0.00508 e. The van der Waals surface area contributed by atoms with Crippen molar-refractivity contribution in [1.29, 1.82) is 0 Å². The minimum absolute atomic E-state index is 0.672. The van der Waals surface area contributed by atoms with Crippen LogP contribution in [0.4, 0.5) is 0 Å². The Balaban J connectivity index is 1.96. The molecule has 0 spiro atoms. The average molecular weight is 226 g/mol. The SMILES string of the molecule is CC(CCN(C)C)NCCC1CCCCC1. The van der Waals surface area contributed by atoms with Crippen LogP contribution < -0.4 is 5.32 Å². The third kappa shape index (κ3) is 6.49. The molecule has 0 bridgehead atoms. The largest absolute Gasteiger partial charge is 0.314 e. The number of nitrogens with one attached hydrogen (secondary N) is 1. The molecular formula is C14H30N2. The van der Waals surface area contributed by atoms with Gasteiger partial charge in [-0.15, -0.1) is 0 Å². The first kappa shape index (κ1) is 14.0. The van der Waals surface area contributed by atoms with Crippen LogP contribution in [0.1, 0.15) is 51.9 Å². The van der Waals surface area contributed by atoms with Crippen molar-refractivity contribution in [3.63, 3.8) is 0 Å². The topological polar surface area (TPSA) is 15.3 Å². The molecule has 1 aliphatic rings. The summed E-state index contributed by atoms with van der Waals surface area (Å²) in [6.45, 7) is 4.72. The average Bonchev–Trinajstić information content (AvgIpc) is 2.28. The van der Waals surface area contributed by atoms with E-state index >= 15 is 0 Å². The third-order valence-electron chi connectivity index (χ3n) is 3.78. The summed E-state index contributed by atoms with van der Waals surface area (Å²) in [5.74, 6) is 1.02. The van der Waals surface area contributed by atoms with Crippen LogP contribution in [0, 0.1) is 5.92 Å². The van der Waals surface area contributed by atoms with Gasteiger partial charge in [0.15, 0.2) is 0 Å². The Kier molecular flexibility index (Phi) is 7.06. The minimum Gasteiger partial charge on any atom is -0.314 e. The fourth-order valence-electron chi connectivity index (χ4n) is 2.56. The maximum absolute atomic E-state index is 3.66. The van der Waals surface area contributed by atoms with E-state index in [-0.39, 0.29) is 0 Å². The molecule has 0 saturated heterocycles. The zero-order valence-electron chi connectivity index (χ0n) is 11.5. The lowest BCUT2D eigenvalue weighted by atomic mass is 9.87. The van der Waals surface area contributed by atoms with Gasteiger partial charge in [-0.2, -0.15) is 0 Å². The van der Waals surface area contributed by atoms with Crippen molar-refractivity contribution < 1.29 is 0 Å². The van der Waals surface area contributed by atoms with Gasteiger partial charge in [-0.3, -0.25) is 0 Å². The van der Waals surface area contributed by atoms with Crippen LogP contribution in [0.5, 0.6) is 0 Å². The minimum atomic E-state index is 0.672. The molecule has 0 aromatic heterocycles. The Labute approximate surface area is 102 Å². The number of nitrogens with zero attached hydrogens (tertiary/aromatic N) is 1. The number of hydrogen-bond donors (Lipinski definition) is 1. The second-order valence-corrected chi connectivity index (χ2v) is 5.74. The van der Waals surface area contributed by atoms with Gasteiger partial charge in [0, 0.05) is 6.04 Å². The number of hydrogen-bond acceptors (Lipinski definition) is 2. The van der Waals surface area contributed by atoms with Gasteiger partial charge in [0.25, 0.3) is 0 Å². The molecule has 0 heterocycles. The molecule has 1 rings (SSSR count). The van der Waals surface area contributed by atoms with E-state index in [0.717, 1.165) is 5.92 Å². The Morgan fingerprint density at radius 1 is 1.19 bits per heavy atom. The molecule has 0 radical (unpaired) electrons. The van der Waals surface area contributed by atoms with E-state index in [1.54, 1.807) is 0 Å². The lowest BCUT2D eigenvalue weighted by Gasteiger charge is -2.23. The first-order valence-electron chi connectivity index (χ1n) is 7.06. The molecule has 16 heavy (non-hydrogen) atoms. The highest BCUT2D eigenvalue weighted by atomic mass is 15.1. The van der Waals surface area contributed by atoms with E-state index in [1.165, 1.54) is 58.0 Å². The van der Waals surface area contributed by atoms with Gasteiger partial charge >= 0.3 is 0 Å². The molecule has 96 valence electrons. The molecule has 0 aromatic rings. The predicted molar refractivity (Wildman–Crippen MR) is 71.8 cm³/mol. The zero-order chi connectivity index (χ0) is 11.8. The summed E-state index contributed by atoms with van der Waals surface area (Å²) in [7, 11) is 4.30. The Bertz CT molecular complexity index is 162. The van der Waals surface area contributed by atoms with Gasteiger partial charge in [0.1, 0.15) is 0 Å². The molecule has 1 aliphatic carbocycles. The van der Waals surface area contributed by atoms with E-state index in [1.807, 2.05) is 0 Å². The Hall–Kier alpha value is -0.0800. The summed E-state index contributed by atoms with van der Waals surface area (Å²) in [6, 6.07) is 0.672. The summed E-state index contributed by atoms with van der Waals surface area (Å²) in [5.41, 5.74) is 0. The second-order valence-electron chi connectivity index (χ2n) is 5.74. The van der Waals surface area contributed by atoms with Gasteiger partial charge in [0.05, 0.1) is 0 Å². The lowest BCUT2D eigenvalue weighted by Crippen LogP contribution is -2.31. The van der Waals surface area contributed by atoms with E-state index in [0.29, 0.717) is 6.04 Å². The van der Waals surface area contributed by atoms with Crippen molar-refractivity contribution in [3.8, 4) is 0 Å². The number of rotatable bonds is 7. The third-order valence-corrected chi connectivity index (χ3v) is 3.78. The molecule has 0 aromatic carbocycles. The van der Waals surface area contributed by atoms with Crippen LogP contribution in [0.25, 0.3) is 0 Å². The van der Waals surface area contributed by atoms with Crippen LogP contribution in [-0.2, 0) is 0 Å². The molecule has 0 amide bonds. The van der Waals surface area contributed by atoms with Crippen LogP contribution >= 0.6 is 0 Å². The van der Waals surface area contributed by atoms with E-state index < -0.39 is 0 Å². The highest BCUT2D eigenvalue weighted by Crippen LogP contribution is 2.25. The molecule has 2 nitrogen and oxygen atoms in total. The molecule has 1 N–H and O–H groups in total. The molecule has 0 aliphatic heterocycles. The molecule has 1 unspecified atom stereocenters. The fraction of sp³-hybridized carbons (Fsp3) is 1.00. The standard InChI is InChI=1S/C14H30N2/c1-13(10-12-16(2)3)15-11-9-14-7-5-4-6-8-14/h13-15H,4-12H2,1-3H3. The summed E-state index contributed by atoms with van der Waals surface area (Å²) in [5, 5.41) is 3.66. The van der Waals surface area contributed by atoms with Gasteiger partial charge in [-0.25, -0.2) is 0 Å². The van der Waals surface area contributed by atoms with Crippen LogP contribution in [0.2, 0.25) is 0 Å². The van der Waals surface area contributed by atoms with E-state index in [4.69, 9.17) is 0 Å². The normalized spacial score (nSPS) is 20.2. The van der Waals surface area contributed by atoms with Gasteiger partial charge in [0.2, 0.25) is 0 Å². The first-order valence-corrected chi connectivity index (χ1v) is 7.06.